The first kappa shape index (κ1) is 64.7. The quantitative estimate of drug-likeness (QED) is 0.140. The first-order valence-electron chi connectivity index (χ1n) is 30.4. The van der Waals surface area contributed by atoms with Crippen LogP contribution in [-0.4, -0.2) is 88.2 Å². The maximum atomic E-state index is 13.3. The van der Waals surface area contributed by atoms with Crippen molar-refractivity contribution >= 4 is 57.5 Å². The summed E-state index contributed by atoms with van der Waals surface area (Å²) in [6.07, 6.45) is -5.80. The Morgan fingerprint density at radius 2 is 1.02 bits per heavy atom. The van der Waals surface area contributed by atoms with E-state index in [1.165, 1.54) is 91.3 Å². The maximum absolute atomic E-state index is 13.3. The summed E-state index contributed by atoms with van der Waals surface area (Å²) in [6.45, 7) is 22.0. The number of likely N-dealkylation sites (N-methyl/N-ethyl adjacent to an activating group) is 1. The van der Waals surface area contributed by atoms with Crippen molar-refractivity contribution < 1.29 is 26.3 Å². The number of nitrogens with zero attached hydrogens (tertiary/aromatic N) is 6. The Morgan fingerprint density at radius 3 is 1.59 bits per heavy atom. The zero-order chi connectivity index (χ0) is 62.2. The number of fused-ring (bicyclic) bond motifs is 8. The molecule has 1 unspecified atom stereocenters. The first-order valence-corrected chi connectivity index (χ1v) is 32.0. The summed E-state index contributed by atoms with van der Waals surface area (Å²) in [5.41, 5.74) is 15.4. The van der Waals surface area contributed by atoms with Crippen LogP contribution in [0.2, 0.25) is 0 Å². The molecule has 456 valence electrons. The summed E-state index contributed by atoms with van der Waals surface area (Å²) in [4.78, 5) is 19.8. The van der Waals surface area contributed by atoms with Crippen LogP contribution in [0.4, 0.5) is 54.8 Å². The van der Waals surface area contributed by atoms with Crippen LogP contribution in [0.15, 0.2) is 188 Å². The average molecular weight is 1220 g/mol. The Labute approximate surface area is 519 Å². The Morgan fingerprint density at radius 1 is 0.517 bits per heavy atom. The van der Waals surface area contributed by atoms with E-state index in [2.05, 4.69) is 126 Å². The standard InChI is InChI=1S/C29H23N.C21H24F3N3S.C19H21F3N2S.2C2H6/c1-18-7-10-25-22(13-18)17-23-14-19(2)8-11-26(23)29(25)21-9-12-28-24(16-21)15-20-5-3-4-6-27(20)30-28;1-25-11-13-26(14-12-25)9-4-10-27-17-5-2-3-6-19(17)28-20-8-7-16(15-18(20)27)21(22,23)24;1-13(11-23(2)3)12-24-15-6-4-5-7-17(15)25-18-9-8-14(10-16(18)24)19(20,21)22;2*1-2/h3-14,16H,15,17H2,1-2H3;2-3,5-8,15H,4,9-14H2,1H3;4-10,13H,11-12H2,1-3H3;2*1-2H3. The van der Waals surface area contributed by atoms with E-state index in [-0.39, 0.29) is 0 Å². The van der Waals surface area contributed by atoms with Gasteiger partial charge in [-0.25, -0.2) is 4.99 Å². The monoisotopic (exact) mass is 1220 g/mol. The van der Waals surface area contributed by atoms with Crippen molar-refractivity contribution in [1.29, 1.82) is 0 Å². The van der Waals surface area contributed by atoms with Gasteiger partial charge in [0, 0.05) is 71.8 Å². The van der Waals surface area contributed by atoms with Gasteiger partial charge in [-0.2, -0.15) is 26.3 Å². The number of alkyl halides is 6. The summed E-state index contributed by atoms with van der Waals surface area (Å²) < 4.78 is 79.4. The highest BCUT2D eigenvalue weighted by atomic mass is 32.2. The van der Waals surface area contributed by atoms with E-state index < -0.39 is 23.5 Å². The van der Waals surface area contributed by atoms with Crippen LogP contribution in [0.1, 0.15) is 96.7 Å². The van der Waals surface area contributed by atoms with Gasteiger partial charge in [-0.05, 0) is 183 Å². The molecule has 1 atom stereocenters. The van der Waals surface area contributed by atoms with Crippen molar-refractivity contribution in [3.05, 3.63) is 230 Å². The normalized spacial score (nSPS) is 15.0. The molecule has 8 aromatic carbocycles. The van der Waals surface area contributed by atoms with E-state index in [1.807, 2.05) is 95.2 Å². The molecule has 14 heteroatoms. The summed E-state index contributed by atoms with van der Waals surface area (Å²) in [5.74, 6) is 0.313. The number of benzene rings is 8. The van der Waals surface area contributed by atoms with Crippen molar-refractivity contribution in [3.8, 4) is 0 Å². The molecule has 1 aliphatic carbocycles. The number of aryl methyl sites for hydroxylation is 2. The van der Waals surface area contributed by atoms with Gasteiger partial charge in [0.05, 0.1) is 44.9 Å². The lowest BCUT2D eigenvalue weighted by Gasteiger charge is -2.35. The topological polar surface area (TPSA) is 28.6 Å². The van der Waals surface area contributed by atoms with E-state index in [0.29, 0.717) is 30.4 Å². The molecule has 0 aromatic heterocycles. The number of rotatable bonds is 8. The molecular weight excluding hydrogens is 1140 g/mol. The van der Waals surface area contributed by atoms with Gasteiger partial charge in [0.2, 0.25) is 0 Å². The molecule has 0 spiro atoms. The molecule has 5 aliphatic rings. The molecule has 87 heavy (non-hydrogen) atoms. The largest absolute Gasteiger partial charge is 0.416 e. The van der Waals surface area contributed by atoms with Crippen molar-refractivity contribution in [2.24, 2.45) is 10.9 Å². The molecular formula is C73H80F6N6S2. The van der Waals surface area contributed by atoms with Crippen molar-refractivity contribution in [1.82, 2.24) is 14.7 Å². The molecule has 13 rings (SSSR count). The second-order valence-electron chi connectivity index (χ2n) is 22.8. The third kappa shape index (κ3) is 15.4. The lowest BCUT2D eigenvalue weighted by molar-refractivity contribution is -0.138. The van der Waals surface area contributed by atoms with Gasteiger partial charge in [-0.3, -0.25) is 0 Å². The van der Waals surface area contributed by atoms with E-state index in [1.54, 1.807) is 23.9 Å². The molecule has 6 nitrogen and oxygen atoms in total. The minimum absolute atomic E-state index is 0.313. The number of piperazine rings is 1. The SMILES string of the molecule is CC.CC.CC(CN(C)C)CN1c2ccccc2Sc2ccc(C(F)(F)F)cc21.CN1CCN(CCCN2c3ccccc3Sc3ccc(C(F)(F)F)cc32)CC1.Cc1ccc2c(c1)Cc1cc(C)ccc1C2=c1ccc2c(c1)Cc1ccccc1N=2. The zero-order valence-electron chi connectivity index (χ0n) is 51.7. The van der Waals surface area contributed by atoms with Crippen LogP contribution in [0, 0.1) is 19.8 Å². The fourth-order valence-electron chi connectivity index (χ4n) is 11.9. The molecule has 1 fully saturated rings. The minimum atomic E-state index is -4.34. The fourth-order valence-corrected chi connectivity index (χ4v) is 14.1. The molecule has 0 saturated carbocycles. The van der Waals surface area contributed by atoms with E-state index in [0.717, 1.165) is 101 Å². The second kappa shape index (κ2) is 28.6. The van der Waals surface area contributed by atoms with Crippen molar-refractivity contribution in [3.63, 3.8) is 0 Å². The molecule has 0 amide bonds. The predicted molar refractivity (Wildman–Crippen MR) is 350 cm³/mol. The molecule has 0 radical (unpaired) electrons. The van der Waals surface area contributed by atoms with Crippen molar-refractivity contribution in [2.45, 2.75) is 99.7 Å². The van der Waals surface area contributed by atoms with E-state index in [9.17, 15) is 26.3 Å². The van der Waals surface area contributed by atoms with Crippen LogP contribution >= 0.6 is 23.5 Å². The molecule has 4 aliphatic heterocycles. The van der Waals surface area contributed by atoms with Crippen LogP contribution in [-0.2, 0) is 25.2 Å². The summed E-state index contributed by atoms with van der Waals surface area (Å²) >= 11 is 3.07. The summed E-state index contributed by atoms with van der Waals surface area (Å²) in [6, 6.07) is 53.1. The van der Waals surface area contributed by atoms with Gasteiger partial charge in [-0.1, -0.05) is 154 Å². The molecule has 1 saturated heterocycles. The highest BCUT2D eigenvalue weighted by molar-refractivity contribution is 8.00. The summed E-state index contributed by atoms with van der Waals surface area (Å²) in [7, 11) is 6.15. The van der Waals surface area contributed by atoms with Gasteiger partial charge in [0.1, 0.15) is 0 Å². The lowest BCUT2D eigenvalue weighted by atomic mass is 9.80. The molecule has 8 aromatic rings. The van der Waals surface area contributed by atoms with E-state index in [4.69, 9.17) is 4.99 Å². The molecule has 4 heterocycles. The van der Waals surface area contributed by atoms with Crippen LogP contribution in [0.3, 0.4) is 0 Å². The number of hydrogen-bond acceptors (Lipinski definition) is 8. The average Bonchev–Trinajstić information content (AvgIpc) is 1.13. The van der Waals surface area contributed by atoms with Crippen molar-refractivity contribution in [2.75, 3.05) is 83.3 Å². The summed E-state index contributed by atoms with van der Waals surface area (Å²) in [5, 5.41) is 2.39. The number of hydrogen-bond donors (Lipinski definition) is 0. The number of halogens is 6. The smallest absolute Gasteiger partial charge is 0.340 e. The van der Waals surface area contributed by atoms with Gasteiger partial charge < -0.3 is 24.5 Å². The number of anilines is 4. The molecule has 0 bridgehead atoms. The van der Waals surface area contributed by atoms with Gasteiger partial charge in [0.25, 0.3) is 0 Å². The van der Waals surface area contributed by atoms with Crippen LogP contribution < -0.4 is 20.4 Å². The number of para-hydroxylation sites is 3. The van der Waals surface area contributed by atoms with Gasteiger partial charge in [0.15, 0.2) is 0 Å². The zero-order valence-corrected chi connectivity index (χ0v) is 53.3. The Balaban J connectivity index is 0.000000152. The Bertz CT molecular complexity index is 3760. The maximum Gasteiger partial charge on any atom is 0.416 e. The third-order valence-electron chi connectivity index (χ3n) is 16.0. The van der Waals surface area contributed by atoms with Crippen LogP contribution in [0.25, 0.3) is 5.57 Å². The Hall–Kier alpha value is -6.81. The molecule has 0 N–H and O–H groups in total. The minimum Gasteiger partial charge on any atom is -0.340 e. The highest BCUT2D eigenvalue weighted by Crippen LogP contribution is 2.51. The Kier molecular flexibility index (Phi) is 21.2. The fraction of sp³-hybridized carbons (Fsp3) is 0.329. The van der Waals surface area contributed by atoms with Gasteiger partial charge >= 0.3 is 12.4 Å². The van der Waals surface area contributed by atoms with E-state index >= 15 is 0 Å². The second-order valence-corrected chi connectivity index (χ2v) is 24.9. The first-order chi connectivity index (χ1) is 41.8. The van der Waals surface area contributed by atoms with Crippen LogP contribution in [0.5, 0.6) is 0 Å². The van der Waals surface area contributed by atoms with Gasteiger partial charge in [-0.15, -0.1) is 0 Å². The lowest BCUT2D eigenvalue weighted by Crippen LogP contribution is -2.45. The predicted octanol–water partition coefficient (Wildman–Crippen LogP) is 17.8. The highest BCUT2D eigenvalue weighted by Gasteiger charge is 2.35. The third-order valence-corrected chi connectivity index (χ3v) is 18.2.